The third-order valence-electron chi connectivity index (χ3n) is 7.20. The highest BCUT2D eigenvalue weighted by Gasteiger charge is 2.35. The van der Waals surface area contributed by atoms with Gasteiger partial charge in [-0.1, -0.05) is 54.6 Å². The van der Waals surface area contributed by atoms with Crippen molar-refractivity contribution in [1.29, 1.82) is 0 Å². The highest BCUT2D eigenvalue weighted by Crippen LogP contribution is 2.39. The molecular weight excluding hydrogens is 471 g/mol. The summed E-state index contributed by atoms with van der Waals surface area (Å²) >= 11 is 0. The summed E-state index contributed by atoms with van der Waals surface area (Å²) in [5, 5.41) is 6.20. The van der Waals surface area contributed by atoms with Gasteiger partial charge in [0.15, 0.2) is 11.5 Å². The van der Waals surface area contributed by atoms with Crippen LogP contribution in [-0.2, 0) is 11.3 Å². The third kappa shape index (κ3) is 5.08. The number of ether oxygens (including phenoxy) is 2. The van der Waals surface area contributed by atoms with Gasteiger partial charge >= 0.3 is 0 Å². The first-order valence-electron chi connectivity index (χ1n) is 12.7. The molecule has 1 atom stereocenters. The molecule has 1 saturated heterocycles. The van der Waals surface area contributed by atoms with Crippen LogP contribution in [0.2, 0.25) is 0 Å². The standard InChI is InChI=1S/C29H29FN4O3/c30-24-9-5-4-8-23(24)25-17-26(22-10-11-27-28(16-22)37-20-36-27)34(31-25)29(35)19-33-14-12-32(13-15-33)18-21-6-2-1-3-7-21/h1-11,16,26H,12-15,17-20H2. The third-order valence-corrected chi connectivity index (χ3v) is 7.20. The van der Waals surface area contributed by atoms with Gasteiger partial charge in [-0.25, -0.2) is 9.40 Å². The molecule has 190 valence electrons. The fraction of sp³-hybridized carbons (Fsp3) is 0.310. The Balaban J connectivity index is 1.17. The fourth-order valence-electron chi connectivity index (χ4n) is 5.19. The van der Waals surface area contributed by atoms with Gasteiger partial charge in [0.05, 0.1) is 18.3 Å². The molecule has 0 radical (unpaired) electrons. The molecule has 3 aliphatic heterocycles. The van der Waals surface area contributed by atoms with Gasteiger partial charge in [0, 0.05) is 44.7 Å². The van der Waals surface area contributed by atoms with Crippen LogP contribution in [0.4, 0.5) is 4.39 Å². The quantitative estimate of drug-likeness (QED) is 0.511. The average Bonchev–Trinajstić information content (AvgIpc) is 3.58. The van der Waals surface area contributed by atoms with Gasteiger partial charge in [-0.15, -0.1) is 0 Å². The molecule has 0 spiro atoms. The van der Waals surface area contributed by atoms with E-state index in [0.717, 1.165) is 38.3 Å². The topological polar surface area (TPSA) is 57.6 Å². The molecule has 6 rings (SSSR count). The summed E-state index contributed by atoms with van der Waals surface area (Å²) in [7, 11) is 0. The second-order valence-electron chi connectivity index (χ2n) is 9.64. The normalized spacial score (nSPS) is 19.8. The maximum atomic E-state index is 14.6. The molecule has 1 unspecified atom stereocenters. The molecule has 0 aliphatic carbocycles. The van der Waals surface area contributed by atoms with Gasteiger partial charge < -0.3 is 9.47 Å². The summed E-state index contributed by atoms with van der Waals surface area (Å²) in [6.45, 7) is 4.79. The van der Waals surface area contributed by atoms with Crippen LogP contribution in [0.5, 0.6) is 11.5 Å². The van der Waals surface area contributed by atoms with E-state index in [9.17, 15) is 9.18 Å². The molecule has 3 heterocycles. The lowest BCUT2D eigenvalue weighted by molar-refractivity contribution is -0.134. The van der Waals surface area contributed by atoms with Gasteiger partial charge in [-0.05, 0) is 29.3 Å². The number of carbonyl (C=O) groups excluding carboxylic acids is 1. The van der Waals surface area contributed by atoms with Crippen LogP contribution in [0.25, 0.3) is 0 Å². The van der Waals surface area contributed by atoms with Gasteiger partial charge in [0.2, 0.25) is 6.79 Å². The second-order valence-corrected chi connectivity index (χ2v) is 9.64. The van der Waals surface area contributed by atoms with Crippen molar-refractivity contribution in [2.24, 2.45) is 5.10 Å². The maximum Gasteiger partial charge on any atom is 0.257 e. The number of hydrazone groups is 1. The first-order valence-corrected chi connectivity index (χ1v) is 12.7. The summed E-state index contributed by atoms with van der Waals surface area (Å²) in [4.78, 5) is 18.2. The van der Waals surface area contributed by atoms with E-state index in [1.165, 1.54) is 16.6 Å². The largest absolute Gasteiger partial charge is 0.454 e. The van der Waals surface area contributed by atoms with Gasteiger partial charge in [0.25, 0.3) is 5.91 Å². The van der Waals surface area contributed by atoms with Crippen molar-refractivity contribution < 1.29 is 18.7 Å². The zero-order chi connectivity index (χ0) is 25.2. The van der Waals surface area contributed by atoms with E-state index >= 15 is 0 Å². The Bertz CT molecular complexity index is 1310. The number of halogens is 1. The number of benzene rings is 3. The molecule has 37 heavy (non-hydrogen) atoms. The van der Waals surface area contributed by atoms with Gasteiger partial charge in [-0.3, -0.25) is 14.6 Å². The number of nitrogens with zero attached hydrogens (tertiary/aromatic N) is 4. The number of fused-ring (bicyclic) bond motifs is 1. The molecule has 0 aromatic heterocycles. The minimum atomic E-state index is -0.338. The highest BCUT2D eigenvalue weighted by molar-refractivity contribution is 6.03. The van der Waals surface area contributed by atoms with Crippen molar-refractivity contribution in [1.82, 2.24) is 14.8 Å². The van der Waals surface area contributed by atoms with E-state index < -0.39 is 0 Å². The van der Waals surface area contributed by atoms with E-state index in [1.807, 2.05) is 24.3 Å². The smallest absolute Gasteiger partial charge is 0.257 e. The number of amides is 1. The zero-order valence-corrected chi connectivity index (χ0v) is 20.6. The summed E-state index contributed by atoms with van der Waals surface area (Å²) in [5.41, 5.74) is 3.19. The van der Waals surface area contributed by atoms with E-state index in [0.29, 0.717) is 29.2 Å². The minimum Gasteiger partial charge on any atom is -0.454 e. The molecule has 0 N–H and O–H groups in total. The lowest BCUT2D eigenvalue weighted by Gasteiger charge is -2.35. The predicted octanol–water partition coefficient (Wildman–Crippen LogP) is 4.05. The van der Waals surface area contributed by atoms with Crippen molar-refractivity contribution in [3.05, 3.63) is 95.3 Å². The molecule has 1 amide bonds. The molecule has 8 heteroatoms. The Labute approximate surface area is 215 Å². The Morgan fingerprint density at radius 1 is 0.892 bits per heavy atom. The summed E-state index contributed by atoms with van der Waals surface area (Å²) in [6, 6.07) is 22.4. The number of piperazine rings is 1. The van der Waals surface area contributed by atoms with Gasteiger partial charge in [0.1, 0.15) is 5.82 Å². The van der Waals surface area contributed by atoms with E-state index in [4.69, 9.17) is 9.47 Å². The lowest BCUT2D eigenvalue weighted by atomic mass is 9.97. The van der Waals surface area contributed by atoms with Crippen LogP contribution in [0.3, 0.4) is 0 Å². The average molecular weight is 501 g/mol. The first-order chi connectivity index (χ1) is 18.1. The monoisotopic (exact) mass is 500 g/mol. The van der Waals surface area contributed by atoms with E-state index in [2.05, 4.69) is 39.2 Å². The molecule has 7 nitrogen and oxygen atoms in total. The zero-order valence-electron chi connectivity index (χ0n) is 20.6. The lowest BCUT2D eigenvalue weighted by Crippen LogP contribution is -2.49. The number of carbonyl (C=O) groups is 1. The van der Waals surface area contributed by atoms with Crippen molar-refractivity contribution in [3.63, 3.8) is 0 Å². The maximum absolute atomic E-state index is 14.6. The second kappa shape index (κ2) is 10.3. The molecular formula is C29H29FN4O3. The van der Waals surface area contributed by atoms with Crippen LogP contribution in [0.15, 0.2) is 77.9 Å². The SMILES string of the molecule is O=C(CN1CCN(Cc2ccccc2)CC1)N1N=C(c2ccccc2F)CC1c1ccc2c(c1)OCO2. The van der Waals surface area contributed by atoms with Crippen molar-refractivity contribution in [2.75, 3.05) is 39.5 Å². The van der Waals surface area contributed by atoms with Gasteiger partial charge in [-0.2, -0.15) is 5.10 Å². The van der Waals surface area contributed by atoms with Crippen LogP contribution in [-0.4, -0.2) is 65.9 Å². The van der Waals surface area contributed by atoms with Crippen molar-refractivity contribution >= 4 is 11.6 Å². The van der Waals surface area contributed by atoms with E-state index in [1.54, 1.807) is 18.2 Å². The van der Waals surface area contributed by atoms with Crippen molar-refractivity contribution in [3.8, 4) is 11.5 Å². The fourth-order valence-corrected chi connectivity index (χ4v) is 5.19. The predicted molar refractivity (Wildman–Crippen MR) is 138 cm³/mol. The molecule has 3 aliphatic rings. The first kappa shape index (κ1) is 23.6. The Kier molecular flexibility index (Phi) is 6.59. The summed E-state index contributed by atoms with van der Waals surface area (Å²) in [5.74, 6) is 0.905. The Morgan fingerprint density at radius 2 is 1.62 bits per heavy atom. The molecule has 0 bridgehead atoms. The minimum absolute atomic E-state index is 0.0921. The Morgan fingerprint density at radius 3 is 2.43 bits per heavy atom. The van der Waals surface area contributed by atoms with Crippen LogP contribution in [0, 0.1) is 5.82 Å². The van der Waals surface area contributed by atoms with E-state index in [-0.39, 0.29) is 31.1 Å². The summed E-state index contributed by atoms with van der Waals surface area (Å²) in [6.07, 6.45) is 0.428. The molecule has 0 saturated carbocycles. The van der Waals surface area contributed by atoms with Crippen LogP contribution >= 0.6 is 0 Å². The number of hydrogen-bond acceptors (Lipinski definition) is 6. The number of hydrogen-bond donors (Lipinski definition) is 0. The highest BCUT2D eigenvalue weighted by atomic mass is 19.1. The molecule has 1 fully saturated rings. The number of rotatable bonds is 6. The van der Waals surface area contributed by atoms with Crippen LogP contribution in [0.1, 0.15) is 29.2 Å². The molecule has 3 aromatic carbocycles. The van der Waals surface area contributed by atoms with Crippen LogP contribution < -0.4 is 9.47 Å². The molecule has 3 aromatic rings. The van der Waals surface area contributed by atoms with Crippen molar-refractivity contribution in [2.45, 2.75) is 19.0 Å². The Hall–Kier alpha value is -3.75. The summed E-state index contributed by atoms with van der Waals surface area (Å²) < 4.78 is 25.6.